The number of likely N-dealkylation sites (tertiary alicyclic amines) is 1. The van der Waals surface area contributed by atoms with Gasteiger partial charge in [-0.2, -0.15) is 0 Å². The van der Waals surface area contributed by atoms with Crippen molar-refractivity contribution in [3.8, 4) is 0 Å². The first-order valence-electron chi connectivity index (χ1n) is 7.24. The van der Waals surface area contributed by atoms with Crippen LogP contribution in [0.5, 0.6) is 0 Å². The molecule has 1 N–H and O–H groups in total. The van der Waals surface area contributed by atoms with Gasteiger partial charge < -0.3 is 10.2 Å². The molecule has 0 radical (unpaired) electrons. The molecule has 1 atom stereocenters. The van der Waals surface area contributed by atoms with Crippen LogP contribution in [0.1, 0.15) is 52.4 Å². The van der Waals surface area contributed by atoms with Gasteiger partial charge in [-0.25, -0.2) is 0 Å². The van der Waals surface area contributed by atoms with E-state index in [0.29, 0.717) is 5.41 Å². The fraction of sp³-hybridized carbons (Fsp3) is 1.00. The van der Waals surface area contributed by atoms with E-state index >= 15 is 0 Å². The maximum absolute atomic E-state index is 3.61. The van der Waals surface area contributed by atoms with Crippen molar-refractivity contribution in [3.63, 3.8) is 0 Å². The second-order valence-electron chi connectivity index (χ2n) is 5.80. The van der Waals surface area contributed by atoms with Crippen LogP contribution in [0.4, 0.5) is 0 Å². The smallest absolute Gasteiger partial charge is 0.0195 e. The van der Waals surface area contributed by atoms with Crippen molar-refractivity contribution in [3.05, 3.63) is 0 Å². The van der Waals surface area contributed by atoms with Crippen LogP contribution in [0.25, 0.3) is 0 Å². The van der Waals surface area contributed by atoms with Crippen LogP contribution in [0.15, 0.2) is 0 Å². The number of rotatable bonds is 4. The summed E-state index contributed by atoms with van der Waals surface area (Å²) in [5, 5.41) is 3.61. The lowest BCUT2D eigenvalue weighted by Gasteiger charge is -2.41. The molecule has 0 saturated carbocycles. The molecule has 2 nitrogen and oxygen atoms in total. The SMILES string of the molecule is CCC1(CC)CCN(C[C@@H]2CCCN2)CC1. The summed E-state index contributed by atoms with van der Waals surface area (Å²) in [5.74, 6) is 0. The first-order valence-corrected chi connectivity index (χ1v) is 7.24. The summed E-state index contributed by atoms with van der Waals surface area (Å²) in [6.45, 7) is 9.95. The molecule has 2 aliphatic heterocycles. The minimum atomic E-state index is 0.680. The Morgan fingerprint density at radius 2 is 1.88 bits per heavy atom. The van der Waals surface area contributed by atoms with Gasteiger partial charge in [0.05, 0.1) is 0 Å². The Morgan fingerprint density at radius 1 is 1.19 bits per heavy atom. The predicted octanol–water partition coefficient (Wildman–Crippen LogP) is 2.64. The van der Waals surface area contributed by atoms with Crippen LogP contribution in [0.3, 0.4) is 0 Å². The lowest BCUT2D eigenvalue weighted by molar-refractivity contribution is 0.0900. The maximum atomic E-state index is 3.61. The highest BCUT2D eigenvalue weighted by atomic mass is 15.2. The quantitative estimate of drug-likeness (QED) is 0.790. The highest BCUT2D eigenvalue weighted by molar-refractivity contribution is 4.86. The van der Waals surface area contributed by atoms with Crippen molar-refractivity contribution in [2.24, 2.45) is 5.41 Å². The Hall–Kier alpha value is -0.0800. The third kappa shape index (κ3) is 2.78. The van der Waals surface area contributed by atoms with E-state index in [2.05, 4.69) is 24.1 Å². The molecule has 0 aliphatic carbocycles. The van der Waals surface area contributed by atoms with Gasteiger partial charge in [-0.15, -0.1) is 0 Å². The summed E-state index contributed by atoms with van der Waals surface area (Å²) in [4.78, 5) is 2.69. The van der Waals surface area contributed by atoms with E-state index in [4.69, 9.17) is 0 Å². The molecule has 0 spiro atoms. The Morgan fingerprint density at radius 3 is 2.38 bits per heavy atom. The molecule has 0 aromatic rings. The van der Waals surface area contributed by atoms with E-state index in [1.807, 2.05) is 0 Å². The fourth-order valence-electron chi connectivity index (χ4n) is 3.39. The summed E-state index contributed by atoms with van der Waals surface area (Å²) >= 11 is 0. The van der Waals surface area contributed by atoms with Gasteiger partial charge in [-0.1, -0.05) is 26.7 Å². The first kappa shape index (κ1) is 12.4. The third-order valence-electron chi connectivity index (χ3n) is 5.06. The van der Waals surface area contributed by atoms with Crippen molar-refractivity contribution >= 4 is 0 Å². The maximum Gasteiger partial charge on any atom is 0.0195 e. The highest BCUT2D eigenvalue weighted by Crippen LogP contribution is 2.37. The number of hydrogen-bond acceptors (Lipinski definition) is 2. The van der Waals surface area contributed by atoms with E-state index in [0.717, 1.165) is 6.04 Å². The zero-order valence-electron chi connectivity index (χ0n) is 11.1. The Kier molecular flexibility index (Phi) is 4.26. The molecule has 0 aromatic carbocycles. The van der Waals surface area contributed by atoms with Gasteiger partial charge in [-0.3, -0.25) is 0 Å². The summed E-state index contributed by atoms with van der Waals surface area (Å²) < 4.78 is 0. The molecular formula is C14H28N2. The van der Waals surface area contributed by atoms with Crippen LogP contribution in [-0.2, 0) is 0 Å². The minimum absolute atomic E-state index is 0.680. The topological polar surface area (TPSA) is 15.3 Å². The lowest BCUT2D eigenvalue weighted by atomic mass is 9.74. The zero-order chi connectivity index (χ0) is 11.4. The average molecular weight is 224 g/mol. The van der Waals surface area contributed by atoms with Gasteiger partial charge in [0.15, 0.2) is 0 Å². The van der Waals surface area contributed by atoms with Gasteiger partial charge >= 0.3 is 0 Å². The Bertz CT molecular complexity index is 195. The Balaban J connectivity index is 1.75. The van der Waals surface area contributed by atoms with E-state index in [1.54, 1.807) is 0 Å². The van der Waals surface area contributed by atoms with Crippen molar-refractivity contribution in [2.75, 3.05) is 26.2 Å². The number of hydrogen-bond donors (Lipinski definition) is 1. The highest BCUT2D eigenvalue weighted by Gasteiger charge is 2.31. The summed E-state index contributed by atoms with van der Waals surface area (Å²) in [6.07, 6.45) is 8.37. The molecule has 0 bridgehead atoms. The van der Waals surface area contributed by atoms with Crippen LogP contribution in [-0.4, -0.2) is 37.1 Å². The largest absolute Gasteiger partial charge is 0.313 e. The number of piperidine rings is 1. The third-order valence-corrected chi connectivity index (χ3v) is 5.06. The van der Waals surface area contributed by atoms with Crippen LogP contribution >= 0.6 is 0 Å². The van der Waals surface area contributed by atoms with Gasteiger partial charge in [-0.05, 0) is 50.7 Å². The van der Waals surface area contributed by atoms with E-state index in [1.165, 1.54) is 64.7 Å². The van der Waals surface area contributed by atoms with E-state index in [9.17, 15) is 0 Å². The fourth-order valence-corrected chi connectivity index (χ4v) is 3.39. The van der Waals surface area contributed by atoms with Crippen molar-refractivity contribution < 1.29 is 0 Å². The van der Waals surface area contributed by atoms with Crippen LogP contribution in [0.2, 0.25) is 0 Å². The van der Waals surface area contributed by atoms with E-state index in [-0.39, 0.29) is 0 Å². The van der Waals surface area contributed by atoms with Crippen molar-refractivity contribution in [1.82, 2.24) is 10.2 Å². The molecule has 0 aromatic heterocycles. The Labute approximate surface area is 101 Å². The molecule has 2 aliphatic rings. The minimum Gasteiger partial charge on any atom is -0.313 e. The van der Waals surface area contributed by atoms with Crippen molar-refractivity contribution in [2.45, 2.75) is 58.4 Å². The number of nitrogens with one attached hydrogen (secondary N) is 1. The molecule has 94 valence electrons. The molecule has 0 unspecified atom stereocenters. The standard InChI is InChI=1S/C14H28N2/c1-3-14(4-2)7-10-16(11-8-14)12-13-6-5-9-15-13/h13,15H,3-12H2,1-2H3/t13-/m0/s1. The summed E-state index contributed by atoms with van der Waals surface area (Å²) in [5.41, 5.74) is 0.680. The van der Waals surface area contributed by atoms with Crippen LogP contribution < -0.4 is 5.32 Å². The first-order chi connectivity index (χ1) is 7.78. The van der Waals surface area contributed by atoms with Crippen LogP contribution in [0, 0.1) is 5.41 Å². The average Bonchev–Trinajstić information content (AvgIpc) is 2.83. The molecule has 16 heavy (non-hydrogen) atoms. The zero-order valence-corrected chi connectivity index (χ0v) is 11.1. The second kappa shape index (κ2) is 5.50. The second-order valence-corrected chi connectivity index (χ2v) is 5.80. The summed E-state index contributed by atoms with van der Waals surface area (Å²) in [6, 6.07) is 0.788. The van der Waals surface area contributed by atoms with Gasteiger partial charge in [0, 0.05) is 12.6 Å². The predicted molar refractivity (Wildman–Crippen MR) is 69.7 cm³/mol. The molecular weight excluding hydrogens is 196 g/mol. The van der Waals surface area contributed by atoms with E-state index < -0.39 is 0 Å². The summed E-state index contributed by atoms with van der Waals surface area (Å²) in [7, 11) is 0. The van der Waals surface area contributed by atoms with Gasteiger partial charge in [0.25, 0.3) is 0 Å². The molecule has 0 amide bonds. The van der Waals surface area contributed by atoms with Gasteiger partial charge in [0.1, 0.15) is 0 Å². The molecule has 2 rings (SSSR count). The molecule has 2 saturated heterocycles. The lowest BCUT2D eigenvalue weighted by Crippen LogP contribution is -2.44. The normalized spacial score (nSPS) is 30.8. The number of nitrogens with zero attached hydrogens (tertiary/aromatic N) is 1. The molecule has 2 heterocycles. The monoisotopic (exact) mass is 224 g/mol. The molecule has 2 fully saturated rings. The molecule has 2 heteroatoms. The van der Waals surface area contributed by atoms with Crippen molar-refractivity contribution in [1.29, 1.82) is 0 Å². The van der Waals surface area contributed by atoms with Gasteiger partial charge in [0.2, 0.25) is 0 Å².